The van der Waals surface area contributed by atoms with Crippen molar-refractivity contribution >= 4 is 5.91 Å². The molecule has 2 aliphatic rings. The first-order chi connectivity index (χ1) is 8.68. The summed E-state index contributed by atoms with van der Waals surface area (Å²) >= 11 is 0. The highest BCUT2D eigenvalue weighted by molar-refractivity contribution is 5.82. The van der Waals surface area contributed by atoms with Gasteiger partial charge in [0.25, 0.3) is 0 Å². The van der Waals surface area contributed by atoms with E-state index in [9.17, 15) is 4.79 Å². The van der Waals surface area contributed by atoms with Crippen molar-refractivity contribution in [2.75, 3.05) is 32.7 Å². The third-order valence-corrected chi connectivity index (χ3v) is 4.37. The van der Waals surface area contributed by atoms with Gasteiger partial charge in [-0.2, -0.15) is 0 Å². The van der Waals surface area contributed by atoms with Crippen LogP contribution in [0.3, 0.4) is 0 Å². The van der Waals surface area contributed by atoms with Crippen LogP contribution in [0.5, 0.6) is 0 Å². The SMILES string of the molecule is CC(C)C1CCCN(C(=O)C2CNCCN2)CC1. The smallest absolute Gasteiger partial charge is 0.241 e. The van der Waals surface area contributed by atoms with E-state index in [1.807, 2.05) is 0 Å². The first-order valence-electron chi connectivity index (χ1n) is 7.41. The molecule has 0 aromatic heterocycles. The van der Waals surface area contributed by atoms with Gasteiger partial charge in [-0.25, -0.2) is 0 Å². The van der Waals surface area contributed by atoms with Crippen molar-refractivity contribution in [2.45, 2.75) is 39.2 Å². The van der Waals surface area contributed by atoms with E-state index < -0.39 is 0 Å². The van der Waals surface area contributed by atoms with Crippen LogP contribution in [0.25, 0.3) is 0 Å². The largest absolute Gasteiger partial charge is 0.341 e. The van der Waals surface area contributed by atoms with Gasteiger partial charge in [-0.05, 0) is 31.1 Å². The maximum absolute atomic E-state index is 12.4. The van der Waals surface area contributed by atoms with Gasteiger partial charge < -0.3 is 15.5 Å². The molecular weight excluding hydrogens is 226 g/mol. The summed E-state index contributed by atoms with van der Waals surface area (Å²) in [5, 5.41) is 6.60. The van der Waals surface area contributed by atoms with Crippen molar-refractivity contribution in [3.8, 4) is 0 Å². The molecule has 104 valence electrons. The fourth-order valence-corrected chi connectivity index (χ4v) is 3.06. The van der Waals surface area contributed by atoms with E-state index in [-0.39, 0.29) is 6.04 Å². The van der Waals surface area contributed by atoms with E-state index in [2.05, 4.69) is 29.4 Å². The van der Waals surface area contributed by atoms with Crippen LogP contribution in [0, 0.1) is 11.8 Å². The lowest BCUT2D eigenvalue weighted by Gasteiger charge is -2.29. The third-order valence-electron chi connectivity index (χ3n) is 4.37. The minimum absolute atomic E-state index is 0.00523. The number of amides is 1. The molecule has 2 N–H and O–H groups in total. The number of nitrogens with one attached hydrogen (secondary N) is 2. The molecule has 2 rings (SSSR count). The molecule has 0 radical (unpaired) electrons. The highest BCUT2D eigenvalue weighted by Gasteiger charge is 2.28. The molecule has 2 heterocycles. The minimum atomic E-state index is -0.00523. The zero-order valence-electron chi connectivity index (χ0n) is 11.7. The Morgan fingerprint density at radius 3 is 2.72 bits per heavy atom. The lowest BCUT2D eigenvalue weighted by molar-refractivity contribution is -0.133. The van der Waals surface area contributed by atoms with Crippen molar-refractivity contribution in [2.24, 2.45) is 11.8 Å². The van der Waals surface area contributed by atoms with Gasteiger partial charge in [-0.15, -0.1) is 0 Å². The van der Waals surface area contributed by atoms with E-state index in [0.717, 1.165) is 51.0 Å². The predicted octanol–water partition coefficient (Wildman–Crippen LogP) is 0.833. The topological polar surface area (TPSA) is 44.4 Å². The fraction of sp³-hybridized carbons (Fsp3) is 0.929. The maximum atomic E-state index is 12.4. The van der Waals surface area contributed by atoms with Gasteiger partial charge in [0.05, 0.1) is 6.04 Å². The van der Waals surface area contributed by atoms with Gasteiger partial charge in [0.2, 0.25) is 5.91 Å². The minimum Gasteiger partial charge on any atom is -0.341 e. The standard InChI is InChI=1S/C14H27N3O/c1-11(2)12-4-3-8-17(9-5-12)14(18)13-10-15-6-7-16-13/h11-13,15-16H,3-10H2,1-2H3. The van der Waals surface area contributed by atoms with Crippen molar-refractivity contribution in [1.29, 1.82) is 0 Å². The number of nitrogens with zero attached hydrogens (tertiary/aromatic N) is 1. The Kier molecular flexibility index (Phi) is 5.01. The number of carbonyl (C=O) groups is 1. The molecule has 2 unspecified atom stereocenters. The normalized spacial score (nSPS) is 30.3. The van der Waals surface area contributed by atoms with Crippen LogP contribution in [0.15, 0.2) is 0 Å². The summed E-state index contributed by atoms with van der Waals surface area (Å²) in [6.45, 7) is 9.14. The van der Waals surface area contributed by atoms with E-state index >= 15 is 0 Å². The molecule has 0 aliphatic carbocycles. The number of carbonyl (C=O) groups excluding carboxylic acids is 1. The van der Waals surface area contributed by atoms with Crippen LogP contribution < -0.4 is 10.6 Å². The lowest BCUT2D eigenvalue weighted by atomic mass is 9.89. The van der Waals surface area contributed by atoms with Crippen molar-refractivity contribution < 1.29 is 4.79 Å². The van der Waals surface area contributed by atoms with E-state index in [1.54, 1.807) is 0 Å². The zero-order valence-corrected chi connectivity index (χ0v) is 11.7. The second-order valence-corrected chi connectivity index (χ2v) is 5.97. The van der Waals surface area contributed by atoms with Crippen molar-refractivity contribution in [1.82, 2.24) is 15.5 Å². The Bertz CT molecular complexity index is 274. The molecule has 1 amide bonds. The van der Waals surface area contributed by atoms with Gasteiger partial charge in [0.1, 0.15) is 0 Å². The quantitative estimate of drug-likeness (QED) is 0.766. The molecule has 18 heavy (non-hydrogen) atoms. The monoisotopic (exact) mass is 253 g/mol. The Morgan fingerprint density at radius 2 is 2.06 bits per heavy atom. The summed E-state index contributed by atoms with van der Waals surface area (Å²) in [4.78, 5) is 14.5. The molecule has 0 spiro atoms. The molecule has 0 aromatic carbocycles. The first kappa shape index (κ1) is 13.8. The van der Waals surface area contributed by atoms with Crippen LogP contribution in [0.1, 0.15) is 33.1 Å². The molecule has 2 saturated heterocycles. The van der Waals surface area contributed by atoms with E-state index in [0.29, 0.717) is 5.91 Å². The highest BCUT2D eigenvalue weighted by Crippen LogP contribution is 2.24. The van der Waals surface area contributed by atoms with Crippen LogP contribution in [0.2, 0.25) is 0 Å². The second-order valence-electron chi connectivity index (χ2n) is 5.97. The summed E-state index contributed by atoms with van der Waals surface area (Å²) in [5.41, 5.74) is 0. The number of piperazine rings is 1. The van der Waals surface area contributed by atoms with Crippen LogP contribution >= 0.6 is 0 Å². The first-order valence-corrected chi connectivity index (χ1v) is 7.41. The van der Waals surface area contributed by atoms with Crippen LogP contribution in [-0.4, -0.2) is 49.6 Å². The van der Waals surface area contributed by atoms with Gasteiger partial charge in [-0.3, -0.25) is 4.79 Å². The van der Waals surface area contributed by atoms with Crippen LogP contribution in [-0.2, 0) is 4.79 Å². The maximum Gasteiger partial charge on any atom is 0.241 e. The van der Waals surface area contributed by atoms with Crippen LogP contribution in [0.4, 0.5) is 0 Å². The van der Waals surface area contributed by atoms with E-state index in [1.165, 1.54) is 12.8 Å². The summed E-state index contributed by atoms with van der Waals surface area (Å²) in [6, 6.07) is -0.00523. The Labute approximate surface area is 110 Å². The molecule has 2 aliphatic heterocycles. The summed E-state index contributed by atoms with van der Waals surface area (Å²) in [5.74, 6) is 1.83. The lowest BCUT2D eigenvalue weighted by Crippen LogP contribution is -2.56. The van der Waals surface area contributed by atoms with Crippen molar-refractivity contribution in [3.05, 3.63) is 0 Å². The molecule has 2 atom stereocenters. The van der Waals surface area contributed by atoms with Gasteiger partial charge in [0, 0.05) is 32.7 Å². The Balaban J connectivity index is 1.86. The Hall–Kier alpha value is -0.610. The number of rotatable bonds is 2. The van der Waals surface area contributed by atoms with Gasteiger partial charge in [-0.1, -0.05) is 13.8 Å². The average molecular weight is 253 g/mol. The number of hydrogen-bond donors (Lipinski definition) is 2. The zero-order chi connectivity index (χ0) is 13.0. The molecule has 0 bridgehead atoms. The molecule has 2 fully saturated rings. The molecular formula is C14H27N3O. The molecule has 0 aromatic rings. The number of likely N-dealkylation sites (tertiary alicyclic amines) is 1. The molecule has 0 saturated carbocycles. The van der Waals surface area contributed by atoms with E-state index in [4.69, 9.17) is 0 Å². The second kappa shape index (κ2) is 6.53. The third kappa shape index (κ3) is 3.45. The fourth-order valence-electron chi connectivity index (χ4n) is 3.06. The summed E-state index contributed by atoms with van der Waals surface area (Å²) in [7, 11) is 0. The summed E-state index contributed by atoms with van der Waals surface area (Å²) in [6.07, 6.45) is 3.61. The van der Waals surface area contributed by atoms with Gasteiger partial charge in [0.15, 0.2) is 0 Å². The Morgan fingerprint density at radius 1 is 1.22 bits per heavy atom. The van der Waals surface area contributed by atoms with Crippen molar-refractivity contribution in [3.63, 3.8) is 0 Å². The van der Waals surface area contributed by atoms with Gasteiger partial charge >= 0.3 is 0 Å². The average Bonchev–Trinajstić information content (AvgIpc) is 2.64. The molecule has 4 nitrogen and oxygen atoms in total. The number of hydrogen-bond acceptors (Lipinski definition) is 3. The molecule has 4 heteroatoms. The summed E-state index contributed by atoms with van der Waals surface area (Å²) < 4.78 is 0. The predicted molar refractivity (Wildman–Crippen MR) is 73.4 cm³/mol. The highest BCUT2D eigenvalue weighted by atomic mass is 16.2.